The lowest BCUT2D eigenvalue weighted by Gasteiger charge is -2.23. The van der Waals surface area contributed by atoms with Crippen molar-refractivity contribution in [3.8, 4) is 0 Å². The lowest BCUT2D eigenvalue weighted by molar-refractivity contribution is -0.150. The maximum atomic E-state index is 11.9. The van der Waals surface area contributed by atoms with Gasteiger partial charge in [0.1, 0.15) is 6.61 Å². The van der Waals surface area contributed by atoms with E-state index in [1.54, 1.807) is 0 Å². The van der Waals surface area contributed by atoms with E-state index in [0.29, 0.717) is 13.2 Å². The molecule has 0 spiro atoms. The van der Waals surface area contributed by atoms with Gasteiger partial charge in [0.05, 0.1) is 5.92 Å². The Morgan fingerprint density at radius 2 is 1.89 bits per heavy atom. The minimum atomic E-state index is -0.214. The molecule has 0 aliphatic heterocycles. The molecule has 1 atom stereocenters. The molecule has 18 heavy (non-hydrogen) atoms. The number of hydrogen-bond acceptors (Lipinski definition) is 3. The Balaban J connectivity index is 2.48. The van der Waals surface area contributed by atoms with Crippen molar-refractivity contribution < 1.29 is 9.53 Å². The zero-order valence-corrected chi connectivity index (χ0v) is 11.5. The van der Waals surface area contributed by atoms with Gasteiger partial charge in [0.25, 0.3) is 0 Å². The van der Waals surface area contributed by atoms with Crippen LogP contribution in [0.5, 0.6) is 0 Å². The zero-order valence-electron chi connectivity index (χ0n) is 11.5. The Labute approximate surface area is 109 Å². The minimum Gasteiger partial charge on any atom is -0.461 e. The molecule has 0 heterocycles. The van der Waals surface area contributed by atoms with Gasteiger partial charge in [-0.2, -0.15) is 0 Å². The molecule has 0 fully saturated rings. The molecule has 0 radical (unpaired) electrons. The average molecular weight is 249 g/mol. The summed E-state index contributed by atoms with van der Waals surface area (Å²) in [4.78, 5) is 11.9. The first-order chi connectivity index (χ1) is 8.42. The Bertz CT molecular complexity index is 368. The van der Waals surface area contributed by atoms with E-state index in [-0.39, 0.29) is 17.3 Å². The number of esters is 1. The van der Waals surface area contributed by atoms with Crippen molar-refractivity contribution in [1.29, 1.82) is 0 Å². The number of ether oxygens (including phenoxy) is 1. The minimum absolute atomic E-state index is 0.0792. The first kappa shape index (κ1) is 14.7. The largest absolute Gasteiger partial charge is 0.461 e. The van der Waals surface area contributed by atoms with E-state index in [4.69, 9.17) is 10.5 Å². The third-order valence-electron chi connectivity index (χ3n) is 2.70. The van der Waals surface area contributed by atoms with E-state index in [2.05, 4.69) is 20.8 Å². The summed E-state index contributed by atoms with van der Waals surface area (Å²) in [6.45, 7) is 6.95. The molecule has 1 aromatic rings. The lowest BCUT2D eigenvalue weighted by atomic mass is 9.85. The fourth-order valence-electron chi connectivity index (χ4n) is 1.85. The molecule has 1 rings (SSSR count). The van der Waals surface area contributed by atoms with Crippen molar-refractivity contribution in [2.24, 2.45) is 17.1 Å². The molecule has 3 nitrogen and oxygen atoms in total. The topological polar surface area (TPSA) is 52.3 Å². The molecule has 2 N–H and O–H groups in total. The first-order valence-electron chi connectivity index (χ1n) is 6.33. The zero-order chi connectivity index (χ0) is 13.6. The van der Waals surface area contributed by atoms with Gasteiger partial charge in [-0.15, -0.1) is 0 Å². The van der Waals surface area contributed by atoms with Gasteiger partial charge in [-0.1, -0.05) is 51.1 Å². The van der Waals surface area contributed by atoms with Gasteiger partial charge in [0.2, 0.25) is 0 Å². The van der Waals surface area contributed by atoms with Crippen molar-refractivity contribution in [1.82, 2.24) is 0 Å². The summed E-state index contributed by atoms with van der Waals surface area (Å²) in [6.07, 6.45) is 0.747. The highest BCUT2D eigenvalue weighted by molar-refractivity contribution is 5.72. The van der Waals surface area contributed by atoms with Crippen molar-refractivity contribution in [2.75, 3.05) is 6.54 Å². The first-order valence-corrected chi connectivity index (χ1v) is 6.33. The number of rotatable bonds is 5. The van der Waals surface area contributed by atoms with Crippen LogP contribution in [0, 0.1) is 11.3 Å². The van der Waals surface area contributed by atoms with Gasteiger partial charge in [-0.3, -0.25) is 4.79 Å². The standard InChI is InChI=1S/C15H23NO2/c1-15(2,3)9-13(10-16)14(17)18-11-12-7-5-4-6-8-12/h4-8,13H,9-11,16H2,1-3H3. The molecule has 1 unspecified atom stereocenters. The molecule has 100 valence electrons. The summed E-state index contributed by atoms with van der Waals surface area (Å²) in [5.41, 5.74) is 6.73. The van der Waals surface area contributed by atoms with Crippen molar-refractivity contribution in [2.45, 2.75) is 33.8 Å². The predicted octanol–water partition coefficient (Wildman–Crippen LogP) is 2.74. The van der Waals surface area contributed by atoms with Gasteiger partial charge in [-0.05, 0) is 17.4 Å². The highest BCUT2D eigenvalue weighted by Crippen LogP contribution is 2.24. The molecule has 0 saturated heterocycles. The summed E-state index contributed by atoms with van der Waals surface area (Å²) < 4.78 is 5.31. The fraction of sp³-hybridized carbons (Fsp3) is 0.533. The number of benzene rings is 1. The van der Waals surface area contributed by atoms with Crippen LogP contribution in [0.2, 0.25) is 0 Å². The third-order valence-corrected chi connectivity index (χ3v) is 2.70. The molecular weight excluding hydrogens is 226 g/mol. The van der Waals surface area contributed by atoms with Gasteiger partial charge in [0.15, 0.2) is 0 Å². The van der Waals surface area contributed by atoms with E-state index in [9.17, 15) is 4.79 Å². The summed E-state index contributed by atoms with van der Waals surface area (Å²) in [7, 11) is 0. The van der Waals surface area contributed by atoms with Crippen LogP contribution in [0.3, 0.4) is 0 Å². The van der Waals surface area contributed by atoms with Crippen LogP contribution >= 0.6 is 0 Å². The number of carbonyl (C=O) groups is 1. The second-order valence-electron chi connectivity index (χ2n) is 5.79. The Hall–Kier alpha value is -1.35. The van der Waals surface area contributed by atoms with E-state index < -0.39 is 0 Å². The van der Waals surface area contributed by atoms with Crippen LogP contribution in [0.25, 0.3) is 0 Å². The van der Waals surface area contributed by atoms with Gasteiger partial charge in [-0.25, -0.2) is 0 Å². The van der Waals surface area contributed by atoms with Crippen LogP contribution < -0.4 is 5.73 Å². The highest BCUT2D eigenvalue weighted by atomic mass is 16.5. The molecule has 0 saturated carbocycles. The molecule has 3 heteroatoms. The van der Waals surface area contributed by atoms with Crippen LogP contribution in [-0.2, 0) is 16.1 Å². The summed E-state index contributed by atoms with van der Waals surface area (Å²) >= 11 is 0. The molecule has 0 aromatic heterocycles. The molecular formula is C15H23NO2. The van der Waals surface area contributed by atoms with Crippen LogP contribution in [0.4, 0.5) is 0 Å². The van der Waals surface area contributed by atoms with Gasteiger partial charge < -0.3 is 10.5 Å². The van der Waals surface area contributed by atoms with Crippen molar-refractivity contribution in [3.05, 3.63) is 35.9 Å². The van der Waals surface area contributed by atoms with Crippen LogP contribution in [-0.4, -0.2) is 12.5 Å². The normalized spacial score (nSPS) is 13.1. The maximum absolute atomic E-state index is 11.9. The third kappa shape index (κ3) is 5.32. The molecule has 1 aromatic carbocycles. The Morgan fingerprint density at radius 1 is 1.28 bits per heavy atom. The summed E-state index contributed by atoms with van der Waals surface area (Å²) in [5, 5.41) is 0. The second-order valence-corrected chi connectivity index (χ2v) is 5.79. The Morgan fingerprint density at radius 3 is 2.39 bits per heavy atom. The van der Waals surface area contributed by atoms with Crippen LogP contribution in [0.15, 0.2) is 30.3 Å². The molecule has 0 bridgehead atoms. The van der Waals surface area contributed by atoms with Crippen molar-refractivity contribution in [3.63, 3.8) is 0 Å². The lowest BCUT2D eigenvalue weighted by Crippen LogP contribution is -2.29. The second kappa shape index (κ2) is 6.55. The van der Waals surface area contributed by atoms with Gasteiger partial charge >= 0.3 is 5.97 Å². The SMILES string of the molecule is CC(C)(C)CC(CN)C(=O)OCc1ccccc1. The predicted molar refractivity (Wildman–Crippen MR) is 72.9 cm³/mol. The quantitative estimate of drug-likeness (QED) is 0.816. The number of hydrogen-bond donors (Lipinski definition) is 1. The molecule has 0 amide bonds. The average Bonchev–Trinajstić information content (AvgIpc) is 2.33. The number of nitrogens with two attached hydrogens (primary N) is 1. The molecule has 0 aliphatic carbocycles. The Kier molecular flexibility index (Phi) is 5.35. The van der Waals surface area contributed by atoms with E-state index in [1.165, 1.54) is 0 Å². The van der Waals surface area contributed by atoms with Crippen molar-refractivity contribution >= 4 is 5.97 Å². The summed E-state index contributed by atoms with van der Waals surface area (Å²) in [5.74, 6) is -0.412. The highest BCUT2D eigenvalue weighted by Gasteiger charge is 2.24. The van der Waals surface area contributed by atoms with Crippen LogP contribution in [0.1, 0.15) is 32.8 Å². The van der Waals surface area contributed by atoms with Gasteiger partial charge in [0, 0.05) is 6.54 Å². The monoisotopic (exact) mass is 249 g/mol. The smallest absolute Gasteiger partial charge is 0.310 e. The summed E-state index contributed by atoms with van der Waals surface area (Å²) in [6, 6.07) is 9.67. The fourth-order valence-corrected chi connectivity index (χ4v) is 1.85. The molecule has 0 aliphatic rings. The van der Waals surface area contributed by atoms with E-state index >= 15 is 0 Å². The van der Waals surface area contributed by atoms with E-state index in [0.717, 1.165) is 12.0 Å². The van der Waals surface area contributed by atoms with E-state index in [1.807, 2.05) is 30.3 Å². The maximum Gasteiger partial charge on any atom is 0.310 e. The number of carbonyl (C=O) groups excluding carboxylic acids is 1.